The van der Waals surface area contributed by atoms with Crippen molar-refractivity contribution in [2.24, 2.45) is 5.92 Å². The highest BCUT2D eigenvalue weighted by atomic mass is 16.5. The number of carbonyl (C=O) groups excluding carboxylic acids is 2. The molecule has 7 nitrogen and oxygen atoms in total. The van der Waals surface area contributed by atoms with Crippen molar-refractivity contribution in [1.29, 1.82) is 0 Å². The van der Waals surface area contributed by atoms with Crippen molar-refractivity contribution in [1.82, 2.24) is 14.7 Å². The summed E-state index contributed by atoms with van der Waals surface area (Å²) in [5, 5.41) is 0. The van der Waals surface area contributed by atoms with E-state index in [1.807, 2.05) is 59.2 Å². The Balaban J connectivity index is 1.27. The van der Waals surface area contributed by atoms with Gasteiger partial charge in [0.15, 0.2) is 0 Å². The summed E-state index contributed by atoms with van der Waals surface area (Å²) in [5.41, 5.74) is 2.85. The van der Waals surface area contributed by atoms with Gasteiger partial charge < -0.3 is 19.3 Å². The van der Waals surface area contributed by atoms with E-state index in [0.717, 1.165) is 73.8 Å². The van der Waals surface area contributed by atoms with Gasteiger partial charge in [-0.2, -0.15) is 0 Å². The standard InChI is InChI=1S/C27H35N3O4/c1-20-6-4-5-7-24(20)27(32)29-12-10-21(11-13-29)26(31)30-16-14-28(15-17-30)19-22-18-23(33-2)8-9-25(22)34-3/h4-9,18,21H,10-17,19H2,1-3H3. The summed E-state index contributed by atoms with van der Waals surface area (Å²) in [6, 6.07) is 13.6. The highest BCUT2D eigenvalue weighted by molar-refractivity contribution is 5.95. The van der Waals surface area contributed by atoms with E-state index in [0.29, 0.717) is 13.1 Å². The Morgan fingerprint density at radius 1 is 0.882 bits per heavy atom. The van der Waals surface area contributed by atoms with Crippen LogP contribution in [0.25, 0.3) is 0 Å². The van der Waals surface area contributed by atoms with Gasteiger partial charge in [-0.25, -0.2) is 0 Å². The van der Waals surface area contributed by atoms with Gasteiger partial charge in [0.25, 0.3) is 5.91 Å². The predicted molar refractivity (Wildman–Crippen MR) is 131 cm³/mol. The largest absolute Gasteiger partial charge is 0.497 e. The van der Waals surface area contributed by atoms with Crippen molar-refractivity contribution in [3.05, 3.63) is 59.2 Å². The van der Waals surface area contributed by atoms with Crippen LogP contribution in [0.1, 0.15) is 34.3 Å². The van der Waals surface area contributed by atoms with Crippen molar-refractivity contribution in [3.63, 3.8) is 0 Å². The number of benzene rings is 2. The molecule has 2 saturated heterocycles. The smallest absolute Gasteiger partial charge is 0.254 e. The summed E-state index contributed by atoms with van der Waals surface area (Å²) in [6.07, 6.45) is 1.47. The zero-order chi connectivity index (χ0) is 24.1. The zero-order valence-electron chi connectivity index (χ0n) is 20.5. The minimum atomic E-state index is 0.00551. The van der Waals surface area contributed by atoms with Gasteiger partial charge in [-0.3, -0.25) is 14.5 Å². The van der Waals surface area contributed by atoms with Gasteiger partial charge in [-0.05, 0) is 49.6 Å². The summed E-state index contributed by atoms with van der Waals surface area (Å²) in [6.45, 7) is 7.13. The maximum atomic E-state index is 13.2. The van der Waals surface area contributed by atoms with Crippen molar-refractivity contribution in [2.75, 3.05) is 53.5 Å². The first-order chi connectivity index (χ1) is 16.5. The van der Waals surface area contributed by atoms with Crippen molar-refractivity contribution >= 4 is 11.8 Å². The first-order valence-electron chi connectivity index (χ1n) is 12.1. The Hall–Kier alpha value is -3.06. The second-order valence-electron chi connectivity index (χ2n) is 9.16. The number of rotatable bonds is 6. The predicted octanol–water partition coefficient (Wildman–Crippen LogP) is 3.21. The van der Waals surface area contributed by atoms with Crippen LogP contribution in [0.15, 0.2) is 42.5 Å². The number of aryl methyl sites for hydroxylation is 1. The van der Waals surface area contributed by atoms with Crippen molar-refractivity contribution in [2.45, 2.75) is 26.3 Å². The quantitative estimate of drug-likeness (QED) is 0.656. The number of hydrogen-bond acceptors (Lipinski definition) is 5. The van der Waals surface area contributed by atoms with Crippen molar-refractivity contribution in [3.8, 4) is 11.5 Å². The summed E-state index contributed by atoms with van der Waals surface area (Å²) >= 11 is 0. The number of nitrogens with zero attached hydrogens (tertiary/aromatic N) is 3. The minimum absolute atomic E-state index is 0.00551. The van der Waals surface area contributed by atoms with Crippen molar-refractivity contribution < 1.29 is 19.1 Å². The van der Waals surface area contributed by atoms with E-state index in [4.69, 9.17) is 9.47 Å². The summed E-state index contributed by atoms with van der Waals surface area (Å²) in [5.74, 6) is 1.99. The number of amides is 2. The van der Waals surface area contributed by atoms with E-state index >= 15 is 0 Å². The molecule has 0 aliphatic carbocycles. The molecule has 0 N–H and O–H groups in total. The van der Waals surface area contributed by atoms with Crippen LogP contribution in [0.2, 0.25) is 0 Å². The van der Waals surface area contributed by atoms with E-state index in [1.54, 1.807) is 14.2 Å². The van der Waals surface area contributed by atoms with Crippen LogP contribution in [0, 0.1) is 12.8 Å². The molecule has 2 amide bonds. The summed E-state index contributed by atoms with van der Waals surface area (Å²) in [4.78, 5) is 32.3. The number of piperazine rings is 1. The number of hydrogen-bond donors (Lipinski definition) is 0. The summed E-state index contributed by atoms with van der Waals surface area (Å²) < 4.78 is 10.9. The van der Waals surface area contributed by atoms with Gasteiger partial charge in [0.05, 0.1) is 14.2 Å². The van der Waals surface area contributed by atoms with E-state index in [1.165, 1.54) is 0 Å². The lowest BCUT2D eigenvalue weighted by molar-refractivity contribution is -0.138. The molecule has 0 unspecified atom stereocenters. The second-order valence-corrected chi connectivity index (χ2v) is 9.16. The fourth-order valence-corrected chi connectivity index (χ4v) is 4.94. The molecule has 0 bridgehead atoms. The van der Waals surface area contributed by atoms with Crippen LogP contribution >= 0.6 is 0 Å². The lowest BCUT2D eigenvalue weighted by Crippen LogP contribution is -2.51. The highest BCUT2D eigenvalue weighted by Gasteiger charge is 2.32. The number of methoxy groups -OCH3 is 2. The molecular weight excluding hydrogens is 430 g/mol. The van der Waals surface area contributed by atoms with Gasteiger partial charge in [0, 0.05) is 62.9 Å². The Morgan fingerprint density at radius 3 is 2.24 bits per heavy atom. The van der Waals surface area contributed by atoms with E-state index in [-0.39, 0.29) is 17.7 Å². The Labute approximate surface area is 202 Å². The van der Waals surface area contributed by atoms with E-state index in [2.05, 4.69) is 4.90 Å². The third-order valence-electron chi connectivity index (χ3n) is 7.07. The molecular formula is C27H35N3O4. The monoisotopic (exact) mass is 465 g/mol. The molecule has 0 aromatic heterocycles. The molecule has 7 heteroatoms. The molecule has 2 aromatic rings. The fourth-order valence-electron chi connectivity index (χ4n) is 4.94. The molecule has 4 rings (SSSR count). The van der Waals surface area contributed by atoms with Crippen LogP contribution in [0.3, 0.4) is 0 Å². The Morgan fingerprint density at radius 2 is 1.59 bits per heavy atom. The van der Waals surface area contributed by atoms with Crippen LogP contribution in [-0.2, 0) is 11.3 Å². The van der Waals surface area contributed by atoms with Crippen LogP contribution in [-0.4, -0.2) is 80.0 Å². The highest BCUT2D eigenvalue weighted by Crippen LogP contribution is 2.27. The average molecular weight is 466 g/mol. The van der Waals surface area contributed by atoms with Gasteiger partial charge >= 0.3 is 0 Å². The topological polar surface area (TPSA) is 62.3 Å². The lowest BCUT2D eigenvalue weighted by Gasteiger charge is -2.38. The molecule has 182 valence electrons. The van der Waals surface area contributed by atoms with Crippen LogP contribution in [0.4, 0.5) is 0 Å². The average Bonchev–Trinajstić information content (AvgIpc) is 2.88. The molecule has 2 fully saturated rings. The molecule has 0 saturated carbocycles. The minimum Gasteiger partial charge on any atom is -0.497 e. The van der Waals surface area contributed by atoms with Gasteiger partial charge in [-0.15, -0.1) is 0 Å². The maximum Gasteiger partial charge on any atom is 0.254 e. The molecule has 34 heavy (non-hydrogen) atoms. The Kier molecular flexibility index (Phi) is 7.73. The van der Waals surface area contributed by atoms with E-state index < -0.39 is 0 Å². The Bertz CT molecular complexity index is 1010. The third kappa shape index (κ3) is 5.36. The molecule has 2 aliphatic heterocycles. The van der Waals surface area contributed by atoms with Gasteiger partial charge in [0.1, 0.15) is 11.5 Å². The SMILES string of the molecule is COc1ccc(OC)c(CN2CCN(C(=O)C3CCN(C(=O)c4ccccc4C)CC3)CC2)c1. The number of carbonyl (C=O) groups is 2. The zero-order valence-corrected chi connectivity index (χ0v) is 20.5. The number of piperidine rings is 1. The first-order valence-corrected chi connectivity index (χ1v) is 12.1. The van der Waals surface area contributed by atoms with Gasteiger partial charge in [0.2, 0.25) is 5.91 Å². The molecule has 0 atom stereocenters. The molecule has 2 aromatic carbocycles. The lowest BCUT2D eigenvalue weighted by atomic mass is 9.94. The fraction of sp³-hybridized carbons (Fsp3) is 0.481. The van der Waals surface area contributed by atoms with Gasteiger partial charge in [-0.1, -0.05) is 18.2 Å². The maximum absolute atomic E-state index is 13.2. The van der Waals surface area contributed by atoms with Crippen LogP contribution in [0.5, 0.6) is 11.5 Å². The summed E-state index contributed by atoms with van der Waals surface area (Å²) in [7, 11) is 3.35. The normalized spacial score (nSPS) is 17.5. The third-order valence-corrected chi connectivity index (χ3v) is 7.07. The van der Waals surface area contributed by atoms with E-state index in [9.17, 15) is 9.59 Å². The molecule has 2 heterocycles. The molecule has 0 radical (unpaired) electrons. The number of ether oxygens (including phenoxy) is 2. The van der Waals surface area contributed by atoms with Crippen LogP contribution < -0.4 is 9.47 Å². The first kappa shape index (κ1) is 24.1. The molecule has 0 spiro atoms. The second kappa shape index (κ2) is 10.9. The molecule has 2 aliphatic rings. The number of likely N-dealkylation sites (tertiary alicyclic amines) is 1.